The van der Waals surface area contributed by atoms with Gasteiger partial charge in [0.1, 0.15) is 0 Å². The molecule has 0 unspecified atom stereocenters. The van der Waals surface area contributed by atoms with Gasteiger partial charge in [-0.1, -0.05) is 6.92 Å². The van der Waals surface area contributed by atoms with Crippen LogP contribution in [-0.4, -0.2) is 37.0 Å². The maximum absolute atomic E-state index is 12.0. The van der Waals surface area contributed by atoms with E-state index in [0.717, 1.165) is 31.0 Å². The number of furan rings is 1. The molecule has 1 saturated heterocycles. The number of nitrogens with zero attached hydrogens (tertiary/aromatic N) is 1. The van der Waals surface area contributed by atoms with E-state index in [0.29, 0.717) is 10.4 Å². The highest BCUT2D eigenvalue weighted by Gasteiger charge is 2.19. The first-order valence-corrected chi connectivity index (χ1v) is 8.16. The standard InChI is InChI=1S/C15H23BrN2O2/c1-3-18-8-5-12(6-9-18)4-7-17-15(19)14-11(2)10-13(16)20-14/h10,12H,3-9H2,1-2H3,(H,17,19). The van der Waals surface area contributed by atoms with Gasteiger partial charge < -0.3 is 14.6 Å². The molecule has 20 heavy (non-hydrogen) atoms. The van der Waals surface area contributed by atoms with Crippen molar-refractivity contribution in [2.75, 3.05) is 26.2 Å². The first-order valence-electron chi connectivity index (χ1n) is 7.36. The second kappa shape index (κ2) is 7.27. The summed E-state index contributed by atoms with van der Waals surface area (Å²) >= 11 is 3.24. The molecule has 1 N–H and O–H groups in total. The van der Waals surface area contributed by atoms with Crippen LogP contribution in [0.25, 0.3) is 0 Å². The molecule has 1 aromatic heterocycles. The van der Waals surface area contributed by atoms with Crippen LogP contribution in [0.4, 0.5) is 0 Å². The Kier molecular flexibility index (Phi) is 5.66. The fourth-order valence-electron chi connectivity index (χ4n) is 2.73. The topological polar surface area (TPSA) is 45.5 Å². The summed E-state index contributed by atoms with van der Waals surface area (Å²) in [6.45, 7) is 8.36. The largest absolute Gasteiger partial charge is 0.444 e. The van der Waals surface area contributed by atoms with Gasteiger partial charge in [-0.05, 0) is 73.7 Å². The molecule has 4 nitrogen and oxygen atoms in total. The zero-order valence-electron chi connectivity index (χ0n) is 12.2. The molecule has 5 heteroatoms. The van der Waals surface area contributed by atoms with Crippen molar-refractivity contribution < 1.29 is 9.21 Å². The van der Waals surface area contributed by atoms with Gasteiger partial charge in [0.05, 0.1) is 0 Å². The summed E-state index contributed by atoms with van der Waals surface area (Å²) in [7, 11) is 0. The lowest BCUT2D eigenvalue weighted by atomic mass is 9.93. The monoisotopic (exact) mass is 342 g/mol. The van der Waals surface area contributed by atoms with Crippen molar-refractivity contribution in [2.45, 2.75) is 33.1 Å². The Hall–Kier alpha value is -0.810. The molecule has 1 aliphatic rings. The normalized spacial score (nSPS) is 17.4. The van der Waals surface area contributed by atoms with E-state index in [1.165, 1.54) is 25.9 Å². The highest BCUT2D eigenvalue weighted by molar-refractivity contribution is 9.10. The highest BCUT2D eigenvalue weighted by Crippen LogP contribution is 2.21. The molecule has 0 spiro atoms. The third kappa shape index (κ3) is 4.09. The molecule has 2 heterocycles. The second-order valence-corrected chi connectivity index (χ2v) is 6.27. The first kappa shape index (κ1) is 15.6. The van der Waals surface area contributed by atoms with Crippen LogP contribution in [-0.2, 0) is 0 Å². The zero-order valence-corrected chi connectivity index (χ0v) is 13.8. The number of hydrogen-bond acceptors (Lipinski definition) is 3. The number of carbonyl (C=O) groups is 1. The van der Waals surface area contributed by atoms with Crippen molar-refractivity contribution in [3.8, 4) is 0 Å². The van der Waals surface area contributed by atoms with Crippen molar-refractivity contribution >= 4 is 21.8 Å². The third-order valence-electron chi connectivity index (χ3n) is 4.09. The maximum atomic E-state index is 12.0. The number of likely N-dealkylation sites (tertiary alicyclic amines) is 1. The molecule has 1 fully saturated rings. The lowest BCUT2D eigenvalue weighted by molar-refractivity contribution is 0.0918. The van der Waals surface area contributed by atoms with Gasteiger partial charge in [0.25, 0.3) is 5.91 Å². The fraction of sp³-hybridized carbons (Fsp3) is 0.667. The zero-order chi connectivity index (χ0) is 14.5. The molecule has 0 aromatic carbocycles. The summed E-state index contributed by atoms with van der Waals surface area (Å²) in [6.07, 6.45) is 3.55. The van der Waals surface area contributed by atoms with Crippen molar-refractivity contribution in [1.82, 2.24) is 10.2 Å². The van der Waals surface area contributed by atoms with E-state index < -0.39 is 0 Å². The van der Waals surface area contributed by atoms with Crippen molar-refractivity contribution in [2.24, 2.45) is 5.92 Å². The molecule has 2 rings (SSSR count). The Morgan fingerprint density at radius 2 is 2.20 bits per heavy atom. The molecule has 0 aliphatic carbocycles. The molecule has 0 atom stereocenters. The van der Waals surface area contributed by atoms with E-state index in [-0.39, 0.29) is 5.91 Å². The van der Waals surface area contributed by atoms with Crippen LogP contribution < -0.4 is 5.32 Å². The second-order valence-electron chi connectivity index (χ2n) is 5.48. The minimum atomic E-state index is -0.112. The summed E-state index contributed by atoms with van der Waals surface area (Å²) in [5, 5.41) is 2.96. The molecule has 1 amide bonds. The van der Waals surface area contributed by atoms with E-state index in [2.05, 4.69) is 33.1 Å². The number of amides is 1. The average Bonchev–Trinajstić information content (AvgIpc) is 2.78. The summed E-state index contributed by atoms with van der Waals surface area (Å²) in [4.78, 5) is 14.5. The Morgan fingerprint density at radius 1 is 1.50 bits per heavy atom. The molecular weight excluding hydrogens is 320 g/mol. The average molecular weight is 343 g/mol. The van der Waals surface area contributed by atoms with Crippen molar-refractivity contribution in [3.05, 3.63) is 22.1 Å². The summed E-state index contributed by atoms with van der Waals surface area (Å²) in [5.41, 5.74) is 0.866. The molecule has 112 valence electrons. The van der Waals surface area contributed by atoms with Gasteiger partial charge in [-0.25, -0.2) is 0 Å². The first-order chi connectivity index (χ1) is 9.60. The van der Waals surface area contributed by atoms with Crippen LogP contribution in [0.5, 0.6) is 0 Å². The number of carbonyl (C=O) groups excluding carboxylic acids is 1. The molecular formula is C15H23BrN2O2. The minimum absolute atomic E-state index is 0.112. The number of aryl methyl sites for hydroxylation is 1. The quantitative estimate of drug-likeness (QED) is 0.893. The molecule has 1 aromatic rings. The number of halogens is 1. The van der Waals surface area contributed by atoms with Gasteiger partial charge in [-0.3, -0.25) is 4.79 Å². The van der Waals surface area contributed by atoms with E-state index in [9.17, 15) is 4.79 Å². The van der Waals surface area contributed by atoms with E-state index in [1.807, 2.05) is 13.0 Å². The van der Waals surface area contributed by atoms with E-state index >= 15 is 0 Å². The number of hydrogen-bond donors (Lipinski definition) is 1. The number of rotatable bonds is 5. The minimum Gasteiger partial charge on any atom is -0.444 e. The predicted molar refractivity (Wildman–Crippen MR) is 82.9 cm³/mol. The van der Waals surface area contributed by atoms with Gasteiger partial charge in [-0.15, -0.1) is 0 Å². The van der Waals surface area contributed by atoms with Gasteiger partial charge in [-0.2, -0.15) is 0 Å². The third-order valence-corrected chi connectivity index (χ3v) is 4.48. The van der Waals surface area contributed by atoms with Crippen LogP contribution in [0.15, 0.2) is 15.2 Å². The number of piperidine rings is 1. The Labute approximate surface area is 129 Å². The van der Waals surface area contributed by atoms with Crippen molar-refractivity contribution in [1.29, 1.82) is 0 Å². The Bertz CT molecular complexity index is 451. The summed E-state index contributed by atoms with van der Waals surface area (Å²) < 4.78 is 5.95. The highest BCUT2D eigenvalue weighted by atomic mass is 79.9. The van der Waals surface area contributed by atoms with Crippen molar-refractivity contribution in [3.63, 3.8) is 0 Å². The SMILES string of the molecule is CCN1CCC(CCNC(=O)c2oc(Br)cc2C)CC1. The lowest BCUT2D eigenvalue weighted by Gasteiger charge is -2.30. The fourth-order valence-corrected chi connectivity index (χ4v) is 3.24. The molecule has 0 bridgehead atoms. The molecule has 1 aliphatic heterocycles. The van der Waals surface area contributed by atoms with Crippen LogP contribution in [0, 0.1) is 12.8 Å². The maximum Gasteiger partial charge on any atom is 0.287 e. The van der Waals surface area contributed by atoms with Gasteiger partial charge in [0, 0.05) is 12.1 Å². The summed E-state index contributed by atoms with van der Waals surface area (Å²) in [6, 6.07) is 1.81. The van der Waals surface area contributed by atoms with Crippen LogP contribution >= 0.6 is 15.9 Å². The van der Waals surface area contributed by atoms with E-state index in [1.54, 1.807) is 0 Å². The lowest BCUT2D eigenvalue weighted by Crippen LogP contribution is -2.35. The smallest absolute Gasteiger partial charge is 0.287 e. The van der Waals surface area contributed by atoms with Gasteiger partial charge >= 0.3 is 0 Å². The van der Waals surface area contributed by atoms with E-state index in [4.69, 9.17) is 4.42 Å². The van der Waals surface area contributed by atoms with Crippen LogP contribution in [0.1, 0.15) is 42.3 Å². The van der Waals surface area contributed by atoms with Gasteiger partial charge in [0.2, 0.25) is 0 Å². The van der Waals surface area contributed by atoms with Crippen LogP contribution in [0.2, 0.25) is 0 Å². The summed E-state index contributed by atoms with van der Waals surface area (Å²) in [5.74, 6) is 1.04. The Morgan fingerprint density at radius 3 is 2.75 bits per heavy atom. The van der Waals surface area contributed by atoms with Gasteiger partial charge in [0.15, 0.2) is 10.4 Å². The molecule has 0 radical (unpaired) electrons. The predicted octanol–water partition coefficient (Wildman–Crippen LogP) is 3.20. The van der Waals surface area contributed by atoms with Crippen LogP contribution in [0.3, 0.4) is 0 Å². The molecule has 0 saturated carbocycles. The Balaban J connectivity index is 1.71. The number of nitrogens with one attached hydrogen (secondary N) is 1.